The number of carbonyl (C=O) groups excluding carboxylic acids is 2. The van der Waals surface area contributed by atoms with Crippen molar-refractivity contribution in [1.82, 2.24) is 9.97 Å². The smallest absolute Gasteiger partial charge is 0.261 e. The number of nitrogens with one attached hydrogen (secondary N) is 2. The zero-order valence-corrected chi connectivity index (χ0v) is 16.6. The maximum atomic E-state index is 12.9. The van der Waals surface area contributed by atoms with Crippen LogP contribution in [0.2, 0.25) is 0 Å². The molecule has 0 aliphatic heterocycles. The number of hydrogen-bond donors (Lipinski definition) is 2. The summed E-state index contributed by atoms with van der Waals surface area (Å²) in [6, 6.07) is 15.0. The van der Waals surface area contributed by atoms with Gasteiger partial charge < -0.3 is 15.5 Å². The molecule has 0 fully saturated rings. The van der Waals surface area contributed by atoms with Crippen LogP contribution in [0.1, 0.15) is 29.8 Å². The third-order valence-electron chi connectivity index (χ3n) is 4.21. The normalized spacial score (nSPS) is 10.3. The molecule has 0 aliphatic carbocycles. The lowest BCUT2D eigenvalue weighted by Crippen LogP contribution is -2.30. The molecule has 0 radical (unpaired) electrons. The number of carbonyl (C=O) groups is 2. The number of amides is 2. The number of hydrogen-bond acceptors (Lipinski definition) is 5. The molecule has 0 saturated heterocycles. The first kappa shape index (κ1) is 20.0. The van der Waals surface area contributed by atoms with E-state index in [9.17, 15) is 9.59 Å². The average Bonchev–Trinajstić information content (AvgIpc) is 2.69. The first-order valence-electron chi connectivity index (χ1n) is 9.31. The Bertz CT molecular complexity index is 1020. The van der Waals surface area contributed by atoms with Crippen LogP contribution in [0.15, 0.2) is 60.9 Å². The highest BCUT2D eigenvalue weighted by molar-refractivity contribution is 6.05. The maximum Gasteiger partial charge on any atom is 0.261 e. The van der Waals surface area contributed by atoms with Crippen molar-refractivity contribution in [2.75, 3.05) is 22.1 Å². The molecule has 0 aliphatic rings. The minimum absolute atomic E-state index is 0.143. The SMILES string of the molecule is CCN(C(=O)c1cnc(Nc2cccc(NC(C)=O)c2)nc1)c1cccc(C)c1. The highest BCUT2D eigenvalue weighted by Gasteiger charge is 2.17. The molecule has 0 bridgehead atoms. The fourth-order valence-corrected chi connectivity index (χ4v) is 2.91. The summed E-state index contributed by atoms with van der Waals surface area (Å²) in [5.74, 6) is 0.0628. The summed E-state index contributed by atoms with van der Waals surface area (Å²) < 4.78 is 0. The highest BCUT2D eigenvalue weighted by atomic mass is 16.2. The number of aromatic nitrogens is 2. The molecule has 2 amide bonds. The van der Waals surface area contributed by atoms with Crippen LogP contribution in [-0.2, 0) is 4.79 Å². The summed E-state index contributed by atoms with van der Waals surface area (Å²) in [5, 5.41) is 5.79. The second-order valence-corrected chi connectivity index (χ2v) is 6.57. The fourth-order valence-electron chi connectivity index (χ4n) is 2.91. The summed E-state index contributed by atoms with van der Waals surface area (Å²) >= 11 is 0. The van der Waals surface area contributed by atoms with E-state index >= 15 is 0 Å². The lowest BCUT2D eigenvalue weighted by atomic mass is 10.2. The summed E-state index contributed by atoms with van der Waals surface area (Å²) in [7, 11) is 0. The zero-order valence-electron chi connectivity index (χ0n) is 16.6. The maximum absolute atomic E-state index is 12.9. The van der Waals surface area contributed by atoms with Gasteiger partial charge in [0.15, 0.2) is 0 Å². The van der Waals surface area contributed by atoms with E-state index in [1.807, 2.05) is 50.2 Å². The van der Waals surface area contributed by atoms with Gasteiger partial charge >= 0.3 is 0 Å². The van der Waals surface area contributed by atoms with E-state index in [0.29, 0.717) is 23.7 Å². The largest absolute Gasteiger partial charge is 0.326 e. The predicted molar refractivity (Wildman–Crippen MR) is 115 cm³/mol. The van der Waals surface area contributed by atoms with E-state index < -0.39 is 0 Å². The molecule has 7 nitrogen and oxygen atoms in total. The predicted octanol–water partition coefficient (Wildman–Crippen LogP) is 4.15. The Morgan fingerprint density at radius 3 is 2.34 bits per heavy atom. The first-order valence-corrected chi connectivity index (χ1v) is 9.31. The summed E-state index contributed by atoms with van der Waals surface area (Å²) in [4.78, 5) is 34.3. The Kier molecular flexibility index (Phi) is 6.19. The van der Waals surface area contributed by atoms with Gasteiger partial charge in [-0.15, -0.1) is 0 Å². The van der Waals surface area contributed by atoms with Crippen molar-refractivity contribution in [3.05, 3.63) is 72.1 Å². The average molecular weight is 389 g/mol. The van der Waals surface area contributed by atoms with Gasteiger partial charge in [-0.1, -0.05) is 18.2 Å². The Morgan fingerprint density at radius 1 is 1.00 bits per heavy atom. The molecule has 1 heterocycles. The minimum atomic E-state index is -0.155. The van der Waals surface area contributed by atoms with E-state index in [4.69, 9.17) is 0 Å². The Balaban J connectivity index is 1.74. The van der Waals surface area contributed by atoms with Gasteiger partial charge in [-0.3, -0.25) is 9.59 Å². The van der Waals surface area contributed by atoms with Crippen LogP contribution < -0.4 is 15.5 Å². The quantitative estimate of drug-likeness (QED) is 0.661. The van der Waals surface area contributed by atoms with Crippen LogP contribution in [0.5, 0.6) is 0 Å². The van der Waals surface area contributed by atoms with E-state index in [1.54, 1.807) is 17.0 Å². The van der Waals surface area contributed by atoms with Gasteiger partial charge in [-0.2, -0.15) is 0 Å². The molecule has 29 heavy (non-hydrogen) atoms. The van der Waals surface area contributed by atoms with Crippen molar-refractivity contribution in [3.8, 4) is 0 Å². The minimum Gasteiger partial charge on any atom is -0.326 e. The number of anilines is 4. The van der Waals surface area contributed by atoms with Gasteiger partial charge in [0, 0.05) is 42.9 Å². The van der Waals surface area contributed by atoms with E-state index in [0.717, 1.165) is 16.9 Å². The Morgan fingerprint density at radius 2 is 1.69 bits per heavy atom. The lowest BCUT2D eigenvalue weighted by Gasteiger charge is -2.21. The second kappa shape index (κ2) is 8.97. The molecule has 3 rings (SSSR count). The van der Waals surface area contributed by atoms with Crippen LogP contribution in [0.25, 0.3) is 0 Å². The number of aryl methyl sites for hydroxylation is 1. The van der Waals surface area contributed by atoms with Crippen molar-refractivity contribution in [1.29, 1.82) is 0 Å². The van der Waals surface area contributed by atoms with Crippen molar-refractivity contribution < 1.29 is 9.59 Å². The summed E-state index contributed by atoms with van der Waals surface area (Å²) in [6.07, 6.45) is 3.02. The molecule has 2 aromatic carbocycles. The van der Waals surface area contributed by atoms with Crippen LogP contribution >= 0.6 is 0 Å². The van der Waals surface area contributed by atoms with Crippen molar-refractivity contribution in [2.45, 2.75) is 20.8 Å². The van der Waals surface area contributed by atoms with Gasteiger partial charge in [-0.25, -0.2) is 9.97 Å². The van der Waals surface area contributed by atoms with Gasteiger partial charge in [0.25, 0.3) is 5.91 Å². The van der Waals surface area contributed by atoms with E-state index in [2.05, 4.69) is 20.6 Å². The van der Waals surface area contributed by atoms with Crippen LogP contribution in [-0.4, -0.2) is 28.3 Å². The molecule has 0 unspecified atom stereocenters. The topological polar surface area (TPSA) is 87.2 Å². The molecule has 3 aromatic rings. The van der Waals surface area contributed by atoms with Gasteiger partial charge in [-0.05, 0) is 49.7 Å². The molecular formula is C22H23N5O2. The molecule has 1 aromatic heterocycles. The Hall–Kier alpha value is -3.74. The van der Waals surface area contributed by atoms with Gasteiger partial charge in [0.05, 0.1) is 5.56 Å². The van der Waals surface area contributed by atoms with E-state index in [-0.39, 0.29) is 11.8 Å². The van der Waals surface area contributed by atoms with E-state index in [1.165, 1.54) is 19.3 Å². The monoisotopic (exact) mass is 389 g/mol. The zero-order chi connectivity index (χ0) is 20.8. The standard InChI is InChI=1S/C22H23N5O2/c1-4-27(20-10-5-7-15(2)11-20)21(29)17-13-23-22(24-14-17)26-19-9-6-8-18(12-19)25-16(3)28/h5-14H,4H2,1-3H3,(H,25,28)(H,23,24,26). The third kappa shape index (κ3) is 5.16. The van der Waals surface area contributed by atoms with Gasteiger partial charge in [0.2, 0.25) is 11.9 Å². The molecule has 148 valence electrons. The molecule has 0 atom stereocenters. The molecule has 2 N–H and O–H groups in total. The van der Waals surface area contributed by atoms with Gasteiger partial charge in [0.1, 0.15) is 0 Å². The van der Waals surface area contributed by atoms with Crippen molar-refractivity contribution >= 4 is 34.8 Å². The molecule has 0 spiro atoms. The molecule has 0 saturated carbocycles. The Labute approximate surface area is 169 Å². The van der Waals surface area contributed by atoms with Crippen molar-refractivity contribution in [2.24, 2.45) is 0 Å². The number of nitrogens with zero attached hydrogens (tertiary/aromatic N) is 3. The second-order valence-electron chi connectivity index (χ2n) is 6.57. The fraction of sp³-hybridized carbons (Fsp3) is 0.182. The van der Waals surface area contributed by atoms with Crippen molar-refractivity contribution in [3.63, 3.8) is 0 Å². The first-order chi connectivity index (χ1) is 14.0. The van der Waals surface area contributed by atoms with Crippen LogP contribution in [0, 0.1) is 6.92 Å². The molecular weight excluding hydrogens is 366 g/mol. The summed E-state index contributed by atoms with van der Waals surface area (Å²) in [5.41, 5.74) is 3.74. The third-order valence-corrected chi connectivity index (χ3v) is 4.21. The lowest BCUT2D eigenvalue weighted by molar-refractivity contribution is -0.114. The highest BCUT2D eigenvalue weighted by Crippen LogP contribution is 2.20. The van der Waals surface area contributed by atoms with Crippen LogP contribution in [0.4, 0.5) is 23.0 Å². The van der Waals surface area contributed by atoms with Crippen LogP contribution in [0.3, 0.4) is 0 Å². The number of benzene rings is 2. The number of rotatable bonds is 6. The molecule has 7 heteroatoms. The summed E-state index contributed by atoms with van der Waals surface area (Å²) in [6.45, 7) is 5.92.